The summed E-state index contributed by atoms with van der Waals surface area (Å²) in [5.41, 5.74) is 1.33. The van der Waals surface area contributed by atoms with Crippen molar-refractivity contribution < 1.29 is 13.9 Å². The SMILES string of the molecule is COc1ccc(CNC(=O)Cc2cc(Br)ccc2F)cc1. The van der Waals surface area contributed by atoms with Crippen LogP contribution in [0.3, 0.4) is 0 Å². The van der Waals surface area contributed by atoms with Crippen molar-refractivity contribution in [2.45, 2.75) is 13.0 Å². The third kappa shape index (κ3) is 4.56. The molecule has 21 heavy (non-hydrogen) atoms. The molecule has 0 radical (unpaired) electrons. The zero-order chi connectivity index (χ0) is 15.2. The Balaban J connectivity index is 1.91. The van der Waals surface area contributed by atoms with Gasteiger partial charge in [0.25, 0.3) is 0 Å². The molecule has 2 aromatic rings. The fraction of sp³-hybridized carbons (Fsp3) is 0.188. The molecule has 3 nitrogen and oxygen atoms in total. The summed E-state index contributed by atoms with van der Waals surface area (Å²) in [7, 11) is 1.60. The van der Waals surface area contributed by atoms with Gasteiger partial charge in [0.2, 0.25) is 5.91 Å². The van der Waals surface area contributed by atoms with Gasteiger partial charge >= 0.3 is 0 Å². The average Bonchev–Trinajstić information content (AvgIpc) is 2.49. The smallest absolute Gasteiger partial charge is 0.224 e. The Hall–Kier alpha value is -1.88. The van der Waals surface area contributed by atoms with Gasteiger partial charge in [-0.05, 0) is 41.5 Å². The second-order valence-corrected chi connectivity index (χ2v) is 5.45. The number of benzene rings is 2. The monoisotopic (exact) mass is 351 g/mol. The number of nitrogens with one attached hydrogen (secondary N) is 1. The van der Waals surface area contributed by atoms with E-state index in [0.717, 1.165) is 15.8 Å². The van der Waals surface area contributed by atoms with E-state index in [9.17, 15) is 9.18 Å². The normalized spacial score (nSPS) is 10.2. The van der Waals surface area contributed by atoms with Crippen molar-refractivity contribution in [1.29, 1.82) is 0 Å². The third-order valence-electron chi connectivity index (χ3n) is 3.01. The molecular formula is C16H15BrFNO2. The van der Waals surface area contributed by atoms with Gasteiger partial charge in [-0.3, -0.25) is 4.79 Å². The number of hydrogen-bond donors (Lipinski definition) is 1. The predicted molar refractivity (Wildman–Crippen MR) is 82.6 cm³/mol. The molecule has 0 bridgehead atoms. The molecule has 0 aliphatic carbocycles. The molecule has 5 heteroatoms. The second kappa shape index (κ2) is 7.22. The van der Waals surface area contributed by atoms with Crippen LogP contribution in [0.25, 0.3) is 0 Å². The van der Waals surface area contributed by atoms with Crippen LogP contribution in [-0.2, 0) is 17.8 Å². The molecule has 1 amide bonds. The molecule has 0 saturated carbocycles. The van der Waals surface area contributed by atoms with E-state index in [-0.39, 0.29) is 18.1 Å². The molecule has 0 atom stereocenters. The highest BCUT2D eigenvalue weighted by Gasteiger charge is 2.08. The molecule has 0 aromatic heterocycles. The quantitative estimate of drug-likeness (QED) is 0.895. The number of rotatable bonds is 5. The van der Waals surface area contributed by atoms with E-state index >= 15 is 0 Å². The van der Waals surface area contributed by atoms with Crippen LogP contribution >= 0.6 is 15.9 Å². The highest BCUT2D eigenvalue weighted by Crippen LogP contribution is 2.16. The van der Waals surface area contributed by atoms with E-state index in [0.29, 0.717) is 12.1 Å². The summed E-state index contributed by atoms with van der Waals surface area (Å²) < 4.78 is 19.4. The van der Waals surface area contributed by atoms with Crippen molar-refractivity contribution in [1.82, 2.24) is 5.32 Å². The lowest BCUT2D eigenvalue weighted by Gasteiger charge is -2.07. The fourth-order valence-corrected chi connectivity index (χ4v) is 2.27. The van der Waals surface area contributed by atoms with E-state index in [4.69, 9.17) is 4.74 Å². The number of carbonyl (C=O) groups is 1. The minimum atomic E-state index is -0.377. The van der Waals surface area contributed by atoms with Crippen LogP contribution in [0.1, 0.15) is 11.1 Å². The molecule has 0 unspecified atom stereocenters. The average molecular weight is 352 g/mol. The highest BCUT2D eigenvalue weighted by atomic mass is 79.9. The van der Waals surface area contributed by atoms with Gasteiger partial charge in [-0.1, -0.05) is 28.1 Å². The van der Waals surface area contributed by atoms with Crippen molar-refractivity contribution in [3.63, 3.8) is 0 Å². The summed E-state index contributed by atoms with van der Waals surface area (Å²) in [6, 6.07) is 12.0. The summed E-state index contributed by atoms with van der Waals surface area (Å²) >= 11 is 3.27. The number of hydrogen-bond acceptors (Lipinski definition) is 2. The summed E-state index contributed by atoms with van der Waals surface area (Å²) in [5, 5.41) is 2.77. The Morgan fingerprint density at radius 1 is 1.24 bits per heavy atom. The van der Waals surface area contributed by atoms with Crippen LogP contribution in [0.4, 0.5) is 4.39 Å². The van der Waals surface area contributed by atoms with E-state index in [2.05, 4.69) is 21.2 Å². The molecule has 0 saturated heterocycles. The lowest BCUT2D eigenvalue weighted by atomic mass is 10.1. The summed E-state index contributed by atoms with van der Waals surface area (Å²) in [6.45, 7) is 0.401. The Bertz CT molecular complexity index is 629. The van der Waals surface area contributed by atoms with Crippen molar-refractivity contribution in [3.8, 4) is 5.75 Å². The number of methoxy groups -OCH3 is 1. The van der Waals surface area contributed by atoms with Gasteiger partial charge in [-0.2, -0.15) is 0 Å². The topological polar surface area (TPSA) is 38.3 Å². The van der Waals surface area contributed by atoms with Gasteiger partial charge in [-0.15, -0.1) is 0 Å². The van der Waals surface area contributed by atoms with Crippen LogP contribution in [0, 0.1) is 5.82 Å². The first-order valence-corrected chi connectivity index (χ1v) is 7.21. The Morgan fingerprint density at radius 2 is 1.95 bits per heavy atom. The standard InChI is InChI=1S/C16H15BrFNO2/c1-21-14-5-2-11(3-6-14)10-19-16(20)9-12-8-13(17)4-7-15(12)18/h2-8H,9-10H2,1H3,(H,19,20). The molecular weight excluding hydrogens is 337 g/mol. The zero-order valence-corrected chi connectivity index (χ0v) is 13.1. The molecule has 110 valence electrons. The predicted octanol–water partition coefficient (Wildman–Crippen LogP) is 3.46. The van der Waals surface area contributed by atoms with Crippen molar-refractivity contribution in [2.24, 2.45) is 0 Å². The molecule has 0 spiro atoms. The maximum absolute atomic E-state index is 13.6. The van der Waals surface area contributed by atoms with E-state index in [1.807, 2.05) is 24.3 Å². The number of carbonyl (C=O) groups excluding carboxylic acids is 1. The van der Waals surface area contributed by atoms with Crippen LogP contribution in [0.2, 0.25) is 0 Å². The first-order valence-electron chi connectivity index (χ1n) is 6.42. The van der Waals surface area contributed by atoms with Crippen LogP contribution in [-0.4, -0.2) is 13.0 Å². The van der Waals surface area contributed by atoms with Gasteiger partial charge in [0.15, 0.2) is 0 Å². The number of ether oxygens (including phenoxy) is 1. The van der Waals surface area contributed by atoms with Gasteiger partial charge in [0.05, 0.1) is 13.5 Å². The Labute approximate surface area is 131 Å². The van der Waals surface area contributed by atoms with Gasteiger partial charge in [0, 0.05) is 11.0 Å². The summed E-state index contributed by atoms with van der Waals surface area (Å²) in [6.07, 6.45) is 0.0153. The number of halogens is 2. The zero-order valence-electron chi connectivity index (χ0n) is 11.5. The third-order valence-corrected chi connectivity index (χ3v) is 3.50. The first-order chi connectivity index (χ1) is 10.1. The first kappa shape index (κ1) is 15.5. The van der Waals surface area contributed by atoms with Crippen LogP contribution in [0.15, 0.2) is 46.9 Å². The Kier molecular flexibility index (Phi) is 5.33. The molecule has 1 N–H and O–H groups in total. The highest BCUT2D eigenvalue weighted by molar-refractivity contribution is 9.10. The molecule has 0 fully saturated rings. The van der Waals surface area contributed by atoms with Crippen molar-refractivity contribution in [3.05, 3.63) is 63.9 Å². The molecule has 2 aromatic carbocycles. The summed E-state index contributed by atoms with van der Waals surface area (Å²) in [4.78, 5) is 11.9. The van der Waals surface area contributed by atoms with Crippen LogP contribution < -0.4 is 10.1 Å². The lowest BCUT2D eigenvalue weighted by Crippen LogP contribution is -2.24. The minimum absolute atomic E-state index is 0.0153. The van der Waals surface area contributed by atoms with E-state index in [1.54, 1.807) is 19.2 Å². The van der Waals surface area contributed by atoms with Crippen molar-refractivity contribution >= 4 is 21.8 Å². The van der Waals surface area contributed by atoms with E-state index in [1.165, 1.54) is 6.07 Å². The summed E-state index contributed by atoms with van der Waals surface area (Å²) in [5.74, 6) is 0.168. The molecule has 0 aliphatic rings. The second-order valence-electron chi connectivity index (χ2n) is 4.54. The Morgan fingerprint density at radius 3 is 2.62 bits per heavy atom. The lowest BCUT2D eigenvalue weighted by molar-refractivity contribution is -0.120. The van der Waals surface area contributed by atoms with E-state index < -0.39 is 0 Å². The van der Waals surface area contributed by atoms with Crippen molar-refractivity contribution in [2.75, 3.05) is 7.11 Å². The maximum atomic E-state index is 13.6. The maximum Gasteiger partial charge on any atom is 0.224 e. The van der Waals surface area contributed by atoms with Crippen LogP contribution in [0.5, 0.6) is 5.75 Å². The van der Waals surface area contributed by atoms with Gasteiger partial charge in [-0.25, -0.2) is 4.39 Å². The van der Waals surface area contributed by atoms with Gasteiger partial charge < -0.3 is 10.1 Å². The molecule has 0 aliphatic heterocycles. The fourth-order valence-electron chi connectivity index (χ4n) is 1.86. The largest absolute Gasteiger partial charge is 0.497 e. The number of amides is 1. The van der Waals surface area contributed by atoms with Gasteiger partial charge in [0.1, 0.15) is 11.6 Å². The molecule has 2 rings (SSSR count). The molecule has 0 heterocycles. The minimum Gasteiger partial charge on any atom is -0.497 e.